The van der Waals surface area contributed by atoms with Gasteiger partial charge in [-0.25, -0.2) is 10.7 Å². The average Bonchev–Trinajstić information content (AvgIpc) is 3.02. The fraction of sp³-hybridized carbons (Fsp3) is 0.375. The third-order valence-corrected chi connectivity index (χ3v) is 4.43. The van der Waals surface area contributed by atoms with Gasteiger partial charge in [-0.2, -0.15) is 4.98 Å². The van der Waals surface area contributed by atoms with Gasteiger partial charge in [0.15, 0.2) is 17.3 Å². The molecule has 0 radical (unpaired) electrons. The number of aliphatic hydroxyl groups excluding tert-OH is 2. The summed E-state index contributed by atoms with van der Waals surface area (Å²) >= 11 is 0. The number of fused-ring (bicyclic) bond motifs is 2. The smallest absolute Gasteiger partial charge is 0.351 e. The van der Waals surface area contributed by atoms with E-state index in [0.717, 1.165) is 0 Å². The molecule has 0 saturated carbocycles. The molecule has 4 rings (SSSR count). The predicted octanol–water partition coefficient (Wildman–Crippen LogP) is -0.0244. The summed E-state index contributed by atoms with van der Waals surface area (Å²) in [5, 5.41) is 19.1. The lowest BCUT2D eigenvalue weighted by Crippen LogP contribution is -2.33. The van der Waals surface area contributed by atoms with Gasteiger partial charge in [-0.1, -0.05) is 12.1 Å². The summed E-state index contributed by atoms with van der Waals surface area (Å²) in [7, 11) is 0. The van der Waals surface area contributed by atoms with Gasteiger partial charge in [0.05, 0.1) is 24.6 Å². The Morgan fingerprint density at radius 2 is 2.15 bits per heavy atom. The van der Waals surface area contributed by atoms with Crippen LogP contribution in [0.1, 0.15) is 12.6 Å². The van der Waals surface area contributed by atoms with E-state index < -0.39 is 24.1 Å². The molecule has 1 fully saturated rings. The first-order valence-electron chi connectivity index (χ1n) is 8.06. The molecule has 10 heteroatoms. The van der Waals surface area contributed by atoms with Gasteiger partial charge < -0.3 is 19.7 Å². The monoisotopic (exact) mass is 362 g/mol. The highest BCUT2D eigenvalue weighted by Crippen LogP contribution is 2.44. The third kappa shape index (κ3) is 2.73. The zero-order chi connectivity index (χ0) is 18.3. The van der Waals surface area contributed by atoms with Crippen molar-refractivity contribution in [3.05, 3.63) is 40.9 Å². The Bertz CT molecular complexity index is 872. The Balaban J connectivity index is 1.75. The van der Waals surface area contributed by atoms with Gasteiger partial charge in [0.2, 0.25) is 0 Å². The molecule has 0 amide bonds. The van der Waals surface area contributed by atoms with Crippen LogP contribution in [0.2, 0.25) is 0 Å². The van der Waals surface area contributed by atoms with E-state index in [4.69, 9.17) is 20.2 Å². The fourth-order valence-corrected chi connectivity index (χ4v) is 3.17. The number of aliphatic hydroxyl groups is 2. The Labute approximate surface area is 147 Å². The molecule has 138 valence electrons. The zero-order valence-corrected chi connectivity index (χ0v) is 13.7. The van der Waals surface area contributed by atoms with Gasteiger partial charge in [0.25, 0.3) is 0 Å². The minimum Gasteiger partial charge on any atom is -0.450 e. The topological polar surface area (TPSA) is 132 Å². The number of rotatable bonds is 4. The molecule has 2 aromatic rings. The normalized spacial score (nSPS) is 24.1. The summed E-state index contributed by atoms with van der Waals surface area (Å²) in [6, 6.07) is 7.21. The van der Waals surface area contributed by atoms with Crippen LogP contribution in [0, 0.1) is 0 Å². The number of anilines is 2. The molecular weight excluding hydrogens is 344 g/mol. The quantitative estimate of drug-likeness (QED) is 0.642. The largest absolute Gasteiger partial charge is 0.450 e. The van der Waals surface area contributed by atoms with Crippen molar-refractivity contribution >= 4 is 11.5 Å². The standard InChI is InChI=1S/C16H18N4O6/c17-24-8-20-9-3-1-2-4-11(9)25-12-6-19(16(23)18-15(12)20)14-5-10(22)13(7-21)26-14/h1-4,6,10,13-14,21-22H,5,7-8,17H2/t10-,13+,14+/m0/s1. The Kier molecular flexibility index (Phi) is 4.34. The van der Waals surface area contributed by atoms with Crippen LogP contribution < -0.4 is 21.2 Å². The van der Waals surface area contributed by atoms with Crippen molar-refractivity contribution in [1.29, 1.82) is 0 Å². The number of benzene rings is 1. The van der Waals surface area contributed by atoms with E-state index in [1.807, 2.05) is 12.1 Å². The number of nitrogens with zero attached hydrogens (tertiary/aromatic N) is 3. The second kappa shape index (κ2) is 6.67. The number of nitrogens with two attached hydrogens (primary N) is 1. The molecule has 2 aliphatic heterocycles. The van der Waals surface area contributed by atoms with Crippen LogP contribution in [0.15, 0.2) is 35.3 Å². The van der Waals surface area contributed by atoms with E-state index in [1.165, 1.54) is 10.8 Å². The second-order valence-corrected chi connectivity index (χ2v) is 6.03. The Hall–Kier alpha value is -2.50. The molecule has 0 aliphatic carbocycles. The second-order valence-electron chi connectivity index (χ2n) is 6.03. The first kappa shape index (κ1) is 16.9. The lowest BCUT2D eigenvalue weighted by molar-refractivity contribution is -0.0460. The molecule has 0 unspecified atom stereocenters. The SMILES string of the molecule is NOCN1c2ccccc2Oc2cn([C@H]3C[C@H](O)[C@@H](CO)O3)c(=O)nc21. The van der Waals surface area contributed by atoms with Crippen LogP contribution in [0.25, 0.3) is 0 Å². The van der Waals surface area contributed by atoms with E-state index in [0.29, 0.717) is 17.2 Å². The van der Waals surface area contributed by atoms with Crippen LogP contribution in [0.5, 0.6) is 11.5 Å². The average molecular weight is 362 g/mol. The van der Waals surface area contributed by atoms with Crippen LogP contribution in [0.3, 0.4) is 0 Å². The van der Waals surface area contributed by atoms with Gasteiger partial charge in [0, 0.05) is 6.42 Å². The van der Waals surface area contributed by atoms with Crippen molar-refractivity contribution in [3.8, 4) is 11.5 Å². The highest BCUT2D eigenvalue weighted by Gasteiger charge is 2.36. The molecule has 1 saturated heterocycles. The van der Waals surface area contributed by atoms with Gasteiger partial charge in [-0.3, -0.25) is 14.3 Å². The molecule has 3 heterocycles. The molecule has 26 heavy (non-hydrogen) atoms. The lowest BCUT2D eigenvalue weighted by atomic mass is 10.2. The van der Waals surface area contributed by atoms with Crippen molar-refractivity contribution < 1.29 is 24.5 Å². The Morgan fingerprint density at radius 1 is 1.35 bits per heavy atom. The maximum Gasteiger partial charge on any atom is 0.351 e. The van der Waals surface area contributed by atoms with E-state index in [2.05, 4.69) is 4.98 Å². The molecule has 1 aromatic carbocycles. The first-order chi connectivity index (χ1) is 12.6. The molecule has 2 aliphatic rings. The van der Waals surface area contributed by atoms with E-state index in [9.17, 15) is 15.0 Å². The van der Waals surface area contributed by atoms with E-state index >= 15 is 0 Å². The number of hydrogen-bond donors (Lipinski definition) is 3. The fourth-order valence-electron chi connectivity index (χ4n) is 3.17. The Morgan fingerprint density at radius 3 is 2.88 bits per heavy atom. The molecule has 4 N–H and O–H groups in total. The number of ether oxygens (including phenoxy) is 2. The van der Waals surface area contributed by atoms with Gasteiger partial charge in [-0.15, -0.1) is 0 Å². The van der Waals surface area contributed by atoms with Gasteiger partial charge in [-0.05, 0) is 12.1 Å². The molecular formula is C16H18N4O6. The van der Waals surface area contributed by atoms with Crippen molar-refractivity contribution in [1.82, 2.24) is 9.55 Å². The molecule has 10 nitrogen and oxygen atoms in total. The van der Waals surface area contributed by atoms with Crippen molar-refractivity contribution in [2.75, 3.05) is 18.2 Å². The zero-order valence-electron chi connectivity index (χ0n) is 13.7. The summed E-state index contributed by atoms with van der Waals surface area (Å²) in [6.45, 7) is -0.356. The summed E-state index contributed by atoms with van der Waals surface area (Å²) in [4.78, 5) is 23.0. The van der Waals surface area contributed by atoms with Crippen LogP contribution in [-0.4, -0.2) is 45.3 Å². The van der Waals surface area contributed by atoms with Crippen molar-refractivity contribution in [3.63, 3.8) is 0 Å². The summed E-state index contributed by atoms with van der Waals surface area (Å²) in [6.07, 6.45) is -0.713. The molecule has 3 atom stereocenters. The minimum atomic E-state index is -0.864. The highest BCUT2D eigenvalue weighted by molar-refractivity contribution is 5.74. The van der Waals surface area contributed by atoms with Gasteiger partial charge >= 0.3 is 5.69 Å². The number of hydrogen-bond acceptors (Lipinski definition) is 9. The minimum absolute atomic E-state index is 0.0188. The summed E-state index contributed by atoms with van der Waals surface area (Å²) in [5.74, 6) is 6.38. The van der Waals surface area contributed by atoms with E-state index in [-0.39, 0.29) is 25.6 Å². The van der Waals surface area contributed by atoms with Gasteiger partial charge in [0.1, 0.15) is 19.1 Å². The molecule has 0 bridgehead atoms. The number of para-hydroxylation sites is 2. The van der Waals surface area contributed by atoms with Crippen LogP contribution >= 0.6 is 0 Å². The van der Waals surface area contributed by atoms with Crippen LogP contribution in [0.4, 0.5) is 11.5 Å². The maximum absolute atomic E-state index is 12.5. The predicted molar refractivity (Wildman–Crippen MR) is 88.9 cm³/mol. The third-order valence-electron chi connectivity index (χ3n) is 4.43. The van der Waals surface area contributed by atoms with Crippen LogP contribution in [-0.2, 0) is 9.57 Å². The molecule has 1 aromatic heterocycles. The number of aromatic nitrogens is 2. The highest BCUT2D eigenvalue weighted by atomic mass is 16.6. The first-order valence-corrected chi connectivity index (χ1v) is 8.06. The summed E-state index contributed by atoms with van der Waals surface area (Å²) in [5.41, 5.74) is 0.0903. The summed E-state index contributed by atoms with van der Waals surface area (Å²) < 4.78 is 12.6. The maximum atomic E-state index is 12.5. The van der Waals surface area contributed by atoms with Crippen molar-refractivity contribution in [2.24, 2.45) is 5.90 Å². The molecule has 0 spiro atoms. The van der Waals surface area contributed by atoms with E-state index in [1.54, 1.807) is 17.0 Å². The van der Waals surface area contributed by atoms with Crippen molar-refractivity contribution in [2.45, 2.75) is 24.9 Å². The lowest BCUT2D eigenvalue weighted by Gasteiger charge is -2.31.